The van der Waals surface area contributed by atoms with Crippen LogP contribution < -0.4 is 10.3 Å². The van der Waals surface area contributed by atoms with E-state index in [1.54, 1.807) is 7.11 Å². The Bertz CT molecular complexity index is 1290. The van der Waals surface area contributed by atoms with Gasteiger partial charge in [0.2, 0.25) is 0 Å². The molecule has 172 valence electrons. The molecule has 0 bridgehead atoms. The van der Waals surface area contributed by atoms with Gasteiger partial charge in [-0.15, -0.1) is 21.5 Å². The molecule has 33 heavy (non-hydrogen) atoms. The van der Waals surface area contributed by atoms with Gasteiger partial charge < -0.3 is 9.72 Å². The van der Waals surface area contributed by atoms with Crippen LogP contribution in [-0.2, 0) is 5.75 Å². The summed E-state index contributed by atoms with van der Waals surface area (Å²) in [5.41, 5.74) is 1.62. The second kappa shape index (κ2) is 9.66. The van der Waals surface area contributed by atoms with Gasteiger partial charge in [0.15, 0.2) is 11.0 Å². The SMILES string of the molecule is COc1ccc(-n2c(SCc3nc4ccsc4c(=O)[nH]3)nnc2[C@H](C)N2CCCCC2)cc1. The lowest BCUT2D eigenvalue weighted by Gasteiger charge is -2.31. The number of benzene rings is 1. The van der Waals surface area contributed by atoms with Gasteiger partial charge >= 0.3 is 0 Å². The molecule has 0 unspecified atom stereocenters. The van der Waals surface area contributed by atoms with Gasteiger partial charge in [0.25, 0.3) is 5.56 Å². The van der Waals surface area contributed by atoms with Gasteiger partial charge in [0, 0.05) is 5.69 Å². The number of H-pyrrole nitrogens is 1. The predicted molar refractivity (Wildman–Crippen MR) is 132 cm³/mol. The van der Waals surface area contributed by atoms with Crippen LogP contribution in [-0.4, -0.2) is 49.8 Å². The topological polar surface area (TPSA) is 88.9 Å². The number of ether oxygens (including phenoxy) is 1. The molecule has 8 nitrogen and oxygen atoms in total. The second-order valence-corrected chi connectivity index (χ2v) is 9.94. The standard InChI is InChI=1S/C23H26N6O2S2/c1-15(28-11-4-3-5-12-28)21-26-27-23(29(21)16-6-8-17(31-2)9-7-16)33-14-19-24-18-10-13-32-20(18)22(30)25-19/h6-10,13,15H,3-5,11-12,14H2,1-2H3,(H,24,25,30)/t15-/m0/s1. The number of thioether (sulfide) groups is 1. The van der Waals surface area contributed by atoms with Crippen molar-refractivity contribution < 1.29 is 4.74 Å². The van der Waals surface area contributed by atoms with Gasteiger partial charge in [0.05, 0.1) is 24.4 Å². The molecule has 4 heterocycles. The van der Waals surface area contributed by atoms with Crippen molar-refractivity contribution in [3.05, 3.63) is 57.7 Å². The summed E-state index contributed by atoms with van der Waals surface area (Å²) >= 11 is 2.93. The van der Waals surface area contributed by atoms with Crippen LogP contribution in [0.25, 0.3) is 15.9 Å². The highest BCUT2D eigenvalue weighted by Gasteiger charge is 2.25. The Morgan fingerprint density at radius 2 is 1.94 bits per heavy atom. The number of methoxy groups -OCH3 is 1. The highest BCUT2D eigenvalue weighted by molar-refractivity contribution is 7.98. The van der Waals surface area contributed by atoms with Gasteiger partial charge in [-0.25, -0.2) is 4.98 Å². The molecule has 0 aliphatic carbocycles. The van der Waals surface area contributed by atoms with Crippen molar-refractivity contribution in [2.45, 2.75) is 43.1 Å². The Morgan fingerprint density at radius 1 is 1.15 bits per heavy atom. The summed E-state index contributed by atoms with van der Waals surface area (Å²) in [7, 11) is 1.66. The predicted octanol–water partition coefficient (Wildman–Crippen LogP) is 4.41. The Morgan fingerprint density at radius 3 is 2.70 bits per heavy atom. The van der Waals surface area contributed by atoms with Crippen LogP contribution in [0.5, 0.6) is 5.75 Å². The molecular weight excluding hydrogens is 456 g/mol. The minimum absolute atomic E-state index is 0.0957. The molecule has 1 N–H and O–H groups in total. The number of piperidine rings is 1. The minimum Gasteiger partial charge on any atom is -0.497 e. The summed E-state index contributed by atoms with van der Waals surface area (Å²) in [5, 5.41) is 11.8. The molecule has 5 rings (SSSR count). The van der Waals surface area contributed by atoms with Crippen molar-refractivity contribution in [2.75, 3.05) is 20.2 Å². The first-order chi connectivity index (χ1) is 16.1. The Balaban J connectivity index is 1.47. The van der Waals surface area contributed by atoms with Crippen molar-refractivity contribution in [1.29, 1.82) is 0 Å². The van der Waals surface area contributed by atoms with Gasteiger partial charge in [-0.3, -0.25) is 14.3 Å². The van der Waals surface area contributed by atoms with Crippen LogP contribution in [0.1, 0.15) is 43.9 Å². The summed E-state index contributed by atoms with van der Waals surface area (Å²) in [6.45, 7) is 4.35. The van der Waals surface area contributed by atoms with Gasteiger partial charge in [-0.1, -0.05) is 18.2 Å². The van der Waals surface area contributed by atoms with E-state index in [-0.39, 0.29) is 11.6 Å². The van der Waals surface area contributed by atoms with Crippen LogP contribution in [0.4, 0.5) is 0 Å². The largest absolute Gasteiger partial charge is 0.497 e. The highest BCUT2D eigenvalue weighted by Crippen LogP contribution is 2.31. The van der Waals surface area contributed by atoms with E-state index in [9.17, 15) is 4.79 Å². The van der Waals surface area contributed by atoms with Crippen LogP contribution in [0, 0.1) is 0 Å². The van der Waals surface area contributed by atoms with E-state index in [4.69, 9.17) is 4.74 Å². The van der Waals surface area contributed by atoms with Crippen molar-refractivity contribution >= 4 is 33.3 Å². The first kappa shape index (κ1) is 22.1. The van der Waals surface area contributed by atoms with Crippen LogP contribution in [0.3, 0.4) is 0 Å². The van der Waals surface area contributed by atoms with E-state index in [0.717, 1.165) is 41.0 Å². The fourth-order valence-corrected chi connectivity index (χ4v) is 5.77. The fourth-order valence-electron chi connectivity index (χ4n) is 4.21. The zero-order valence-corrected chi connectivity index (χ0v) is 20.3. The number of fused-ring (bicyclic) bond motifs is 1. The molecular formula is C23H26N6O2S2. The lowest BCUT2D eigenvalue weighted by Crippen LogP contribution is -2.33. The number of aromatic nitrogens is 5. The first-order valence-electron chi connectivity index (χ1n) is 11.1. The van der Waals surface area contributed by atoms with Crippen molar-refractivity contribution in [1.82, 2.24) is 29.6 Å². The molecule has 4 aromatic rings. The summed E-state index contributed by atoms with van der Waals surface area (Å²) in [5.74, 6) is 2.84. The number of nitrogens with zero attached hydrogens (tertiary/aromatic N) is 5. The summed E-state index contributed by atoms with van der Waals surface area (Å²) in [6, 6.07) is 9.97. The molecule has 1 aliphatic heterocycles. The van der Waals surface area contributed by atoms with E-state index < -0.39 is 0 Å². The van der Waals surface area contributed by atoms with E-state index in [1.165, 1.54) is 42.4 Å². The third-order valence-electron chi connectivity index (χ3n) is 6.00. The van der Waals surface area contributed by atoms with E-state index in [1.807, 2.05) is 35.7 Å². The van der Waals surface area contributed by atoms with Crippen molar-refractivity contribution in [2.24, 2.45) is 0 Å². The molecule has 1 fully saturated rings. The maximum atomic E-state index is 12.3. The molecule has 1 atom stereocenters. The van der Waals surface area contributed by atoms with Gasteiger partial charge in [0.1, 0.15) is 16.3 Å². The van der Waals surface area contributed by atoms with E-state index >= 15 is 0 Å². The van der Waals surface area contributed by atoms with E-state index in [0.29, 0.717) is 16.3 Å². The number of thiophene rings is 1. The molecule has 0 saturated carbocycles. The smallest absolute Gasteiger partial charge is 0.268 e. The summed E-state index contributed by atoms with van der Waals surface area (Å²) < 4.78 is 8.11. The van der Waals surface area contributed by atoms with Crippen molar-refractivity contribution in [3.63, 3.8) is 0 Å². The average Bonchev–Trinajstić information content (AvgIpc) is 3.50. The Kier molecular flexibility index (Phi) is 6.48. The zero-order chi connectivity index (χ0) is 22.8. The quantitative estimate of drug-likeness (QED) is 0.390. The highest BCUT2D eigenvalue weighted by atomic mass is 32.2. The third kappa shape index (κ3) is 4.55. The van der Waals surface area contributed by atoms with Crippen LogP contribution in [0.15, 0.2) is 45.7 Å². The molecule has 0 radical (unpaired) electrons. The number of hydrogen-bond acceptors (Lipinski definition) is 8. The molecule has 3 aromatic heterocycles. The molecule has 10 heteroatoms. The van der Waals surface area contributed by atoms with Gasteiger partial charge in [-0.05, 0) is 68.6 Å². The van der Waals surface area contributed by atoms with E-state index in [2.05, 4.69) is 36.6 Å². The monoisotopic (exact) mass is 482 g/mol. The maximum absolute atomic E-state index is 12.3. The number of rotatable bonds is 7. The molecule has 0 amide bonds. The number of aromatic amines is 1. The normalized spacial score (nSPS) is 15.7. The van der Waals surface area contributed by atoms with Gasteiger partial charge in [-0.2, -0.15) is 0 Å². The summed E-state index contributed by atoms with van der Waals surface area (Å²) in [4.78, 5) is 22.3. The first-order valence-corrected chi connectivity index (χ1v) is 12.9. The second-order valence-electron chi connectivity index (χ2n) is 8.08. The molecule has 0 spiro atoms. The lowest BCUT2D eigenvalue weighted by molar-refractivity contribution is 0.167. The molecule has 1 saturated heterocycles. The number of hydrogen-bond donors (Lipinski definition) is 1. The minimum atomic E-state index is -0.0957. The lowest BCUT2D eigenvalue weighted by atomic mass is 10.1. The Hall–Kier alpha value is -2.69. The van der Waals surface area contributed by atoms with Crippen LogP contribution in [0.2, 0.25) is 0 Å². The Labute approximate surface area is 200 Å². The fraction of sp³-hybridized carbons (Fsp3) is 0.391. The molecule has 1 aromatic carbocycles. The number of likely N-dealkylation sites (tertiary alicyclic amines) is 1. The van der Waals surface area contributed by atoms with Crippen LogP contribution >= 0.6 is 23.1 Å². The summed E-state index contributed by atoms with van der Waals surface area (Å²) in [6.07, 6.45) is 3.72. The zero-order valence-electron chi connectivity index (χ0n) is 18.7. The van der Waals surface area contributed by atoms with Crippen molar-refractivity contribution in [3.8, 4) is 11.4 Å². The average molecular weight is 483 g/mol. The maximum Gasteiger partial charge on any atom is 0.268 e. The third-order valence-corrected chi connectivity index (χ3v) is 7.85. The molecule has 1 aliphatic rings. The number of nitrogens with one attached hydrogen (secondary N) is 1.